The standard InChI is InChI=1S/C16H19NO2/c1-13(14-7-9-15(18)10-8-14)17-11-12-19-16-5-3-2-4-6-16/h2-10,13,17-18H,11-12H2,1H3. The zero-order valence-electron chi connectivity index (χ0n) is 11.0. The smallest absolute Gasteiger partial charge is 0.119 e. The second kappa shape index (κ2) is 6.81. The fraction of sp³-hybridized carbons (Fsp3) is 0.250. The molecule has 0 aromatic heterocycles. The van der Waals surface area contributed by atoms with Crippen LogP contribution in [-0.4, -0.2) is 18.3 Å². The molecule has 0 amide bonds. The minimum absolute atomic E-state index is 0.236. The van der Waals surface area contributed by atoms with E-state index in [0.717, 1.165) is 17.9 Å². The summed E-state index contributed by atoms with van der Waals surface area (Å²) < 4.78 is 5.61. The van der Waals surface area contributed by atoms with Gasteiger partial charge < -0.3 is 15.2 Å². The summed E-state index contributed by atoms with van der Waals surface area (Å²) >= 11 is 0. The van der Waals surface area contributed by atoms with Crippen molar-refractivity contribution >= 4 is 0 Å². The van der Waals surface area contributed by atoms with E-state index >= 15 is 0 Å². The fourth-order valence-corrected chi connectivity index (χ4v) is 1.84. The van der Waals surface area contributed by atoms with Crippen molar-refractivity contribution in [2.75, 3.05) is 13.2 Å². The third kappa shape index (κ3) is 4.30. The lowest BCUT2D eigenvalue weighted by atomic mass is 10.1. The van der Waals surface area contributed by atoms with Crippen molar-refractivity contribution in [2.45, 2.75) is 13.0 Å². The summed E-state index contributed by atoms with van der Waals surface area (Å²) in [5.74, 6) is 1.19. The lowest BCUT2D eigenvalue weighted by molar-refractivity contribution is 0.307. The van der Waals surface area contributed by atoms with Crippen molar-refractivity contribution in [2.24, 2.45) is 0 Å². The average molecular weight is 257 g/mol. The first-order chi connectivity index (χ1) is 9.25. The Kier molecular flexibility index (Phi) is 4.81. The fourth-order valence-electron chi connectivity index (χ4n) is 1.84. The molecular weight excluding hydrogens is 238 g/mol. The van der Waals surface area contributed by atoms with E-state index in [4.69, 9.17) is 4.74 Å². The number of hydrogen-bond donors (Lipinski definition) is 2. The number of benzene rings is 2. The molecule has 3 heteroatoms. The number of para-hydroxylation sites is 1. The molecule has 0 bridgehead atoms. The molecule has 1 unspecified atom stereocenters. The quantitative estimate of drug-likeness (QED) is 0.781. The van der Waals surface area contributed by atoms with Gasteiger partial charge in [0, 0.05) is 12.6 Å². The van der Waals surface area contributed by atoms with E-state index in [2.05, 4.69) is 12.2 Å². The van der Waals surface area contributed by atoms with Crippen LogP contribution in [0.4, 0.5) is 0 Å². The Morgan fingerprint density at radius 3 is 2.42 bits per heavy atom. The molecule has 2 aromatic rings. The SMILES string of the molecule is CC(NCCOc1ccccc1)c1ccc(O)cc1. The molecule has 3 nitrogen and oxygen atoms in total. The molecule has 0 saturated carbocycles. The van der Waals surface area contributed by atoms with E-state index in [0.29, 0.717) is 12.4 Å². The topological polar surface area (TPSA) is 41.5 Å². The van der Waals surface area contributed by atoms with Crippen molar-refractivity contribution < 1.29 is 9.84 Å². The predicted molar refractivity (Wildman–Crippen MR) is 76.5 cm³/mol. The normalized spacial score (nSPS) is 12.1. The van der Waals surface area contributed by atoms with Gasteiger partial charge in [-0.2, -0.15) is 0 Å². The van der Waals surface area contributed by atoms with Crippen LogP contribution in [0.25, 0.3) is 0 Å². The maximum absolute atomic E-state index is 9.24. The minimum Gasteiger partial charge on any atom is -0.508 e. The van der Waals surface area contributed by atoms with Gasteiger partial charge in [0.1, 0.15) is 18.1 Å². The van der Waals surface area contributed by atoms with Gasteiger partial charge in [-0.25, -0.2) is 0 Å². The summed E-state index contributed by atoms with van der Waals surface area (Å²) in [6.45, 7) is 3.50. The van der Waals surface area contributed by atoms with E-state index in [1.807, 2.05) is 42.5 Å². The summed E-state index contributed by atoms with van der Waals surface area (Å²) in [5.41, 5.74) is 1.15. The summed E-state index contributed by atoms with van der Waals surface area (Å²) in [7, 11) is 0. The van der Waals surface area contributed by atoms with Gasteiger partial charge in [0.15, 0.2) is 0 Å². The Labute approximate surface area is 113 Å². The maximum atomic E-state index is 9.24. The Morgan fingerprint density at radius 2 is 1.74 bits per heavy atom. The molecule has 2 rings (SSSR count). The Morgan fingerprint density at radius 1 is 1.05 bits per heavy atom. The lowest BCUT2D eigenvalue weighted by Crippen LogP contribution is -2.24. The molecule has 2 aromatic carbocycles. The van der Waals surface area contributed by atoms with Crippen molar-refractivity contribution in [1.29, 1.82) is 0 Å². The highest BCUT2D eigenvalue weighted by molar-refractivity contribution is 5.27. The first-order valence-corrected chi connectivity index (χ1v) is 6.46. The van der Waals surface area contributed by atoms with Crippen LogP contribution in [-0.2, 0) is 0 Å². The van der Waals surface area contributed by atoms with Crippen LogP contribution < -0.4 is 10.1 Å². The van der Waals surface area contributed by atoms with Gasteiger partial charge in [-0.05, 0) is 36.8 Å². The predicted octanol–water partition coefficient (Wildman–Crippen LogP) is 3.12. The van der Waals surface area contributed by atoms with Gasteiger partial charge in [-0.15, -0.1) is 0 Å². The molecule has 0 aliphatic carbocycles. The highest BCUT2D eigenvalue weighted by Gasteiger charge is 2.04. The van der Waals surface area contributed by atoms with Crippen LogP contribution in [0.5, 0.6) is 11.5 Å². The second-order valence-corrected chi connectivity index (χ2v) is 4.43. The molecule has 2 N–H and O–H groups in total. The lowest BCUT2D eigenvalue weighted by Gasteiger charge is -2.14. The van der Waals surface area contributed by atoms with Gasteiger partial charge in [-0.1, -0.05) is 30.3 Å². The Bertz CT molecular complexity index is 482. The van der Waals surface area contributed by atoms with Crippen molar-refractivity contribution in [3.8, 4) is 11.5 Å². The number of phenols is 1. The van der Waals surface area contributed by atoms with Crippen molar-refractivity contribution in [3.05, 3.63) is 60.2 Å². The third-order valence-electron chi connectivity index (χ3n) is 2.96. The van der Waals surface area contributed by atoms with E-state index in [-0.39, 0.29) is 6.04 Å². The van der Waals surface area contributed by atoms with Crippen LogP contribution in [0, 0.1) is 0 Å². The second-order valence-electron chi connectivity index (χ2n) is 4.43. The summed E-state index contributed by atoms with van der Waals surface area (Å²) in [6.07, 6.45) is 0. The number of nitrogens with one attached hydrogen (secondary N) is 1. The van der Waals surface area contributed by atoms with Crippen LogP contribution in [0.1, 0.15) is 18.5 Å². The molecule has 0 spiro atoms. The van der Waals surface area contributed by atoms with Gasteiger partial charge >= 0.3 is 0 Å². The number of ether oxygens (including phenoxy) is 1. The number of hydrogen-bond acceptors (Lipinski definition) is 3. The van der Waals surface area contributed by atoms with E-state index in [9.17, 15) is 5.11 Å². The monoisotopic (exact) mass is 257 g/mol. The Hall–Kier alpha value is -2.00. The molecule has 0 saturated heterocycles. The van der Waals surface area contributed by atoms with E-state index in [1.165, 1.54) is 0 Å². The molecule has 100 valence electrons. The number of phenolic OH excluding ortho intramolecular Hbond substituents is 1. The zero-order valence-corrected chi connectivity index (χ0v) is 11.0. The third-order valence-corrected chi connectivity index (χ3v) is 2.96. The molecule has 0 heterocycles. The van der Waals surface area contributed by atoms with Crippen LogP contribution in [0.15, 0.2) is 54.6 Å². The van der Waals surface area contributed by atoms with Gasteiger partial charge in [0.05, 0.1) is 0 Å². The van der Waals surface area contributed by atoms with Crippen LogP contribution in [0.3, 0.4) is 0 Å². The highest BCUT2D eigenvalue weighted by atomic mass is 16.5. The molecule has 1 atom stereocenters. The Balaban J connectivity index is 1.72. The highest BCUT2D eigenvalue weighted by Crippen LogP contribution is 2.16. The maximum Gasteiger partial charge on any atom is 0.119 e. The summed E-state index contributed by atoms with van der Waals surface area (Å²) in [5, 5.41) is 12.6. The minimum atomic E-state index is 0.236. The van der Waals surface area contributed by atoms with Gasteiger partial charge in [-0.3, -0.25) is 0 Å². The number of rotatable bonds is 6. The molecule has 0 fully saturated rings. The largest absolute Gasteiger partial charge is 0.508 e. The average Bonchev–Trinajstić information content (AvgIpc) is 2.45. The van der Waals surface area contributed by atoms with Crippen molar-refractivity contribution in [3.63, 3.8) is 0 Å². The van der Waals surface area contributed by atoms with Crippen LogP contribution in [0.2, 0.25) is 0 Å². The molecular formula is C16H19NO2. The first kappa shape index (κ1) is 13.4. The zero-order chi connectivity index (χ0) is 13.5. The summed E-state index contributed by atoms with van der Waals surface area (Å²) in [6, 6.07) is 17.3. The van der Waals surface area contributed by atoms with E-state index < -0.39 is 0 Å². The van der Waals surface area contributed by atoms with Crippen LogP contribution >= 0.6 is 0 Å². The molecule has 0 aliphatic heterocycles. The first-order valence-electron chi connectivity index (χ1n) is 6.46. The van der Waals surface area contributed by atoms with Gasteiger partial charge in [0.25, 0.3) is 0 Å². The number of aromatic hydroxyl groups is 1. The van der Waals surface area contributed by atoms with Crippen molar-refractivity contribution in [1.82, 2.24) is 5.32 Å². The molecule has 0 aliphatic rings. The molecule has 19 heavy (non-hydrogen) atoms. The summed E-state index contributed by atoms with van der Waals surface area (Å²) in [4.78, 5) is 0. The van der Waals surface area contributed by atoms with E-state index in [1.54, 1.807) is 12.1 Å². The molecule has 0 radical (unpaired) electrons. The van der Waals surface area contributed by atoms with Gasteiger partial charge in [0.2, 0.25) is 0 Å².